The lowest BCUT2D eigenvalue weighted by atomic mass is 10.1. The van der Waals surface area contributed by atoms with E-state index in [0.29, 0.717) is 29.7 Å². The molecule has 1 fully saturated rings. The molecule has 144 valence electrons. The monoisotopic (exact) mass is 401 g/mol. The molecular formula is C20H17F2N3O2S. The van der Waals surface area contributed by atoms with Gasteiger partial charge in [0.05, 0.1) is 23.9 Å². The van der Waals surface area contributed by atoms with Crippen molar-refractivity contribution in [3.8, 4) is 11.3 Å². The fourth-order valence-corrected chi connectivity index (χ4v) is 3.64. The molecule has 2 heterocycles. The van der Waals surface area contributed by atoms with Gasteiger partial charge in [-0.05, 0) is 30.7 Å². The molecule has 1 amide bonds. The van der Waals surface area contributed by atoms with Gasteiger partial charge in [0.15, 0.2) is 5.13 Å². The standard InChI is InChI=1S/C20H17F2N3O2S/c21-14-4-5-17(16(22)9-14)24-20-25-18(11-28-20)12-2-1-3-15(8-12)23-19(26)13-6-7-27-10-13/h1-5,8-9,11,13H,6-7,10H2,(H,23,26)(H,24,25). The number of thiazole rings is 1. The van der Waals surface area contributed by atoms with Crippen molar-refractivity contribution in [2.75, 3.05) is 23.8 Å². The second-order valence-corrected chi connectivity index (χ2v) is 7.28. The number of halogens is 2. The molecule has 8 heteroatoms. The normalized spacial score (nSPS) is 16.1. The SMILES string of the molecule is O=C(Nc1cccc(-c2csc(Nc3ccc(F)cc3F)n2)c1)C1CCOC1. The first kappa shape index (κ1) is 18.5. The first-order chi connectivity index (χ1) is 13.6. The summed E-state index contributed by atoms with van der Waals surface area (Å²) in [5.41, 5.74) is 2.35. The molecule has 1 unspecified atom stereocenters. The Bertz CT molecular complexity index is 1000. The third kappa shape index (κ3) is 4.18. The van der Waals surface area contributed by atoms with Crippen LogP contribution in [0.25, 0.3) is 11.3 Å². The number of hydrogen-bond acceptors (Lipinski definition) is 5. The summed E-state index contributed by atoms with van der Waals surface area (Å²) in [5, 5.41) is 8.08. The van der Waals surface area contributed by atoms with E-state index in [2.05, 4.69) is 15.6 Å². The number of rotatable bonds is 5. The third-order valence-corrected chi connectivity index (χ3v) is 5.16. The molecule has 3 aromatic rings. The van der Waals surface area contributed by atoms with E-state index in [1.807, 2.05) is 29.6 Å². The zero-order chi connectivity index (χ0) is 19.5. The molecule has 2 N–H and O–H groups in total. The summed E-state index contributed by atoms with van der Waals surface area (Å²) in [6.45, 7) is 1.06. The summed E-state index contributed by atoms with van der Waals surface area (Å²) in [4.78, 5) is 16.7. The number of aromatic nitrogens is 1. The molecule has 0 bridgehead atoms. The van der Waals surface area contributed by atoms with Crippen LogP contribution in [0, 0.1) is 17.6 Å². The molecule has 1 aromatic heterocycles. The molecule has 4 rings (SSSR count). The van der Waals surface area contributed by atoms with E-state index in [0.717, 1.165) is 18.1 Å². The van der Waals surface area contributed by atoms with Crippen molar-refractivity contribution in [3.05, 3.63) is 59.5 Å². The van der Waals surface area contributed by atoms with E-state index in [1.54, 1.807) is 0 Å². The van der Waals surface area contributed by atoms with Crippen molar-refractivity contribution in [1.82, 2.24) is 4.98 Å². The molecule has 0 radical (unpaired) electrons. The number of carbonyl (C=O) groups excluding carboxylic acids is 1. The fraction of sp³-hybridized carbons (Fsp3) is 0.200. The number of carbonyl (C=O) groups is 1. The number of nitrogens with zero attached hydrogens (tertiary/aromatic N) is 1. The van der Waals surface area contributed by atoms with Gasteiger partial charge in [0.25, 0.3) is 0 Å². The number of anilines is 3. The zero-order valence-electron chi connectivity index (χ0n) is 14.7. The summed E-state index contributed by atoms with van der Waals surface area (Å²) in [7, 11) is 0. The number of ether oxygens (including phenoxy) is 1. The summed E-state index contributed by atoms with van der Waals surface area (Å²) >= 11 is 1.31. The average Bonchev–Trinajstić information content (AvgIpc) is 3.36. The molecule has 0 saturated carbocycles. The molecule has 1 aliphatic heterocycles. The average molecular weight is 401 g/mol. The maximum Gasteiger partial charge on any atom is 0.229 e. The molecule has 0 spiro atoms. The molecular weight excluding hydrogens is 384 g/mol. The summed E-state index contributed by atoms with van der Waals surface area (Å²) in [6.07, 6.45) is 0.729. The first-order valence-electron chi connectivity index (χ1n) is 8.75. The van der Waals surface area contributed by atoms with Crippen LogP contribution in [0.1, 0.15) is 6.42 Å². The first-order valence-corrected chi connectivity index (χ1v) is 9.63. The van der Waals surface area contributed by atoms with E-state index in [9.17, 15) is 13.6 Å². The van der Waals surface area contributed by atoms with Gasteiger partial charge in [0.1, 0.15) is 11.6 Å². The van der Waals surface area contributed by atoms with Crippen molar-refractivity contribution in [2.24, 2.45) is 5.92 Å². The Balaban J connectivity index is 1.48. The number of hydrogen-bond donors (Lipinski definition) is 2. The van der Waals surface area contributed by atoms with Crippen LogP contribution in [-0.2, 0) is 9.53 Å². The predicted octanol–water partition coefficient (Wildman–Crippen LogP) is 4.81. The predicted molar refractivity (Wildman–Crippen MR) is 105 cm³/mol. The smallest absolute Gasteiger partial charge is 0.229 e. The fourth-order valence-electron chi connectivity index (χ4n) is 2.91. The second kappa shape index (κ2) is 8.04. The molecule has 1 saturated heterocycles. The Kier molecular flexibility index (Phi) is 5.31. The summed E-state index contributed by atoms with van der Waals surface area (Å²) < 4.78 is 32.1. The van der Waals surface area contributed by atoms with E-state index in [-0.39, 0.29) is 17.5 Å². The van der Waals surface area contributed by atoms with Crippen LogP contribution in [0.3, 0.4) is 0 Å². The van der Waals surface area contributed by atoms with Crippen LogP contribution >= 0.6 is 11.3 Å². The Morgan fingerprint density at radius 3 is 2.89 bits per heavy atom. The van der Waals surface area contributed by atoms with Crippen molar-refractivity contribution in [3.63, 3.8) is 0 Å². The minimum atomic E-state index is -0.683. The third-order valence-electron chi connectivity index (χ3n) is 4.40. The van der Waals surface area contributed by atoms with Crippen molar-refractivity contribution < 1.29 is 18.3 Å². The summed E-state index contributed by atoms with van der Waals surface area (Å²) in [5.74, 6) is -1.49. The number of benzene rings is 2. The van der Waals surface area contributed by atoms with Gasteiger partial charge in [-0.25, -0.2) is 13.8 Å². The van der Waals surface area contributed by atoms with E-state index in [4.69, 9.17) is 4.74 Å². The van der Waals surface area contributed by atoms with Crippen molar-refractivity contribution in [2.45, 2.75) is 6.42 Å². The Morgan fingerprint density at radius 1 is 1.21 bits per heavy atom. The van der Waals surface area contributed by atoms with Gasteiger partial charge < -0.3 is 15.4 Å². The Hall–Kier alpha value is -2.84. The van der Waals surface area contributed by atoms with Gasteiger partial charge in [-0.1, -0.05) is 12.1 Å². The van der Waals surface area contributed by atoms with Crippen LogP contribution in [0.4, 0.5) is 25.3 Å². The maximum absolute atomic E-state index is 13.8. The molecule has 28 heavy (non-hydrogen) atoms. The Morgan fingerprint density at radius 2 is 2.11 bits per heavy atom. The van der Waals surface area contributed by atoms with Gasteiger partial charge in [-0.15, -0.1) is 11.3 Å². The highest BCUT2D eigenvalue weighted by Crippen LogP contribution is 2.29. The molecule has 1 aliphatic rings. The van der Waals surface area contributed by atoms with Crippen molar-refractivity contribution >= 4 is 33.8 Å². The zero-order valence-corrected chi connectivity index (χ0v) is 15.6. The molecule has 1 atom stereocenters. The minimum Gasteiger partial charge on any atom is -0.381 e. The highest BCUT2D eigenvalue weighted by atomic mass is 32.1. The van der Waals surface area contributed by atoms with Crippen LogP contribution in [0.2, 0.25) is 0 Å². The van der Waals surface area contributed by atoms with Gasteiger partial charge in [-0.2, -0.15) is 0 Å². The van der Waals surface area contributed by atoms with Gasteiger partial charge in [0.2, 0.25) is 5.91 Å². The quantitative estimate of drug-likeness (QED) is 0.644. The van der Waals surface area contributed by atoms with Gasteiger partial charge >= 0.3 is 0 Å². The lowest BCUT2D eigenvalue weighted by Crippen LogP contribution is -2.22. The van der Waals surface area contributed by atoms with E-state index >= 15 is 0 Å². The highest BCUT2D eigenvalue weighted by molar-refractivity contribution is 7.14. The number of amides is 1. The lowest BCUT2D eigenvalue weighted by molar-refractivity contribution is -0.119. The van der Waals surface area contributed by atoms with E-state index < -0.39 is 11.6 Å². The van der Waals surface area contributed by atoms with Crippen LogP contribution < -0.4 is 10.6 Å². The maximum atomic E-state index is 13.8. The highest BCUT2D eigenvalue weighted by Gasteiger charge is 2.23. The second-order valence-electron chi connectivity index (χ2n) is 6.42. The topological polar surface area (TPSA) is 63.2 Å². The number of nitrogens with one attached hydrogen (secondary N) is 2. The van der Waals surface area contributed by atoms with E-state index in [1.165, 1.54) is 23.5 Å². The molecule has 0 aliphatic carbocycles. The Labute approximate surface area is 164 Å². The van der Waals surface area contributed by atoms with Gasteiger partial charge in [-0.3, -0.25) is 4.79 Å². The van der Waals surface area contributed by atoms with Crippen LogP contribution in [-0.4, -0.2) is 24.1 Å². The van der Waals surface area contributed by atoms with Crippen LogP contribution in [0.5, 0.6) is 0 Å². The van der Waals surface area contributed by atoms with Crippen LogP contribution in [0.15, 0.2) is 47.8 Å². The minimum absolute atomic E-state index is 0.0536. The molecule has 5 nitrogen and oxygen atoms in total. The van der Waals surface area contributed by atoms with Crippen molar-refractivity contribution in [1.29, 1.82) is 0 Å². The summed E-state index contributed by atoms with van der Waals surface area (Å²) in [6, 6.07) is 10.7. The lowest BCUT2D eigenvalue weighted by Gasteiger charge is -2.10. The largest absolute Gasteiger partial charge is 0.381 e. The van der Waals surface area contributed by atoms with Gasteiger partial charge in [0, 0.05) is 29.3 Å². The molecule has 2 aromatic carbocycles.